The SMILES string of the molecule is O=C(O)c1cc2cc3c(cc2nc1N1CCCC(F)(F)CC1)OCO3. The molecule has 0 aliphatic carbocycles. The van der Waals surface area contributed by atoms with Crippen LogP contribution in [0.25, 0.3) is 10.9 Å². The Bertz CT molecular complexity index is 856. The van der Waals surface area contributed by atoms with Crippen LogP contribution in [0.1, 0.15) is 29.6 Å². The molecular weight excluding hydrogens is 334 g/mol. The molecular formula is C17H16F2N2O4. The molecule has 1 N–H and O–H groups in total. The molecule has 1 fully saturated rings. The minimum Gasteiger partial charge on any atom is -0.478 e. The van der Waals surface area contributed by atoms with Crippen LogP contribution in [-0.2, 0) is 0 Å². The number of carbonyl (C=O) groups is 1. The highest BCUT2D eigenvalue weighted by Gasteiger charge is 2.33. The summed E-state index contributed by atoms with van der Waals surface area (Å²) in [7, 11) is 0. The van der Waals surface area contributed by atoms with Gasteiger partial charge >= 0.3 is 5.97 Å². The van der Waals surface area contributed by atoms with E-state index in [0.29, 0.717) is 28.9 Å². The Morgan fingerprint density at radius 1 is 1.16 bits per heavy atom. The van der Waals surface area contributed by atoms with Gasteiger partial charge in [0.15, 0.2) is 11.5 Å². The highest BCUT2D eigenvalue weighted by molar-refractivity contribution is 5.99. The fraction of sp³-hybridized carbons (Fsp3) is 0.412. The Kier molecular flexibility index (Phi) is 3.63. The number of rotatable bonds is 2. The molecule has 2 aromatic rings. The number of hydrogen-bond acceptors (Lipinski definition) is 5. The molecule has 1 aromatic heterocycles. The van der Waals surface area contributed by atoms with E-state index in [1.54, 1.807) is 17.0 Å². The van der Waals surface area contributed by atoms with E-state index in [1.807, 2.05) is 0 Å². The molecule has 2 aliphatic rings. The zero-order valence-corrected chi connectivity index (χ0v) is 13.3. The van der Waals surface area contributed by atoms with Crippen molar-refractivity contribution < 1.29 is 28.2 Å². The smallest absolute Gasteiger partial charge is 0.339 e. The largest absolute Gasteiger partial charge is 0.478 e. The second-order valence-electron chi connectivity index (χ2n) is 6.26. The second-order valence-corrected chi connectivity index (χ2v) is 6.26. The van der Waals surface area contributed by atoms with Crippen LogP contribution in [0.15, 0.2) is 18.2 Å². The van der Waals surface area contributed by atoms with Gasteiger partial charge in [0.25, 0.3) is 0 Å². The van der Waals surface area contributed by atoms with Gasteiger partial charge in [-0.25, -0.2) is 18.6 Å². The van der Waals surface area contributed by atoms with Crippen LogP contribution in [0.2, 0.25) is 0 Å². The number of pyridine rings is 1. The summed E-state index contributed by atoms with van der Waals surface area (Å²) >= 11 is 0. The number of fused-ring (bicyclic) bond motifs is 2. The molecule has 8 heteroatoms. The topological polar surface area (TPSA) is 71.9 Å². The van der Waals surface area contributed by atoms with Crippen molar-refractivity contribution in [2.45, 2.75) is 25.2 Å². The average Bonchev–Trinajstić information content (AvgIpc) is 2.93. The zero-order chi connectivity index (χ0) is 17.6. The lowest BCUT2D eigenvalue weighted by Crippen LogP contribution is -2.28. The van der Waals surface area contributed by atoms with Gasteiger partial charge < -0.3 is 19.5 Å². The van der Waals surface area contributed by atoms with Gasteiger partial charge in [-0.05, 0) is 18.6 Å². The molecule has 6 nitrogen and oxygen atoms in total. The second kappa shape index (κ2) is 5.72. The van der Waals surface area contributed by atoms with Crippen LogP contribution in [0, 0.1) is 0 Å². The summed E-state index contributed by atoms with van der Waals surface area (Å²) in [5.74, 6) is -2.57. The third kappa shape index (κ3) is 2.92. The first-order valence-electron chi connectivity index (χ1n) is 8.03. The van der Waals surface area contributed by atoms with Crippen molar-refractivity contribution in [3.8, 4) is 11.5 Å². The van der Waals surface area contributed by atoms with Crippen molar-refractivity contribution in [3.05, 3.63) is 23.8 Å². The summed E-state index contributed by atoms with van der Waals surface area (Å²) in [6.07, 6.45) is -0.224. The van der Waals surface area contributed by atoms with Gasteiger partial charge in [-0.2, -0.15) is 0 Å². The summed E-state index contributed by atoms with van der Waals surface area (Å²) in [5.41, 5.74) is 0.539. The summed E-state index contributed by atoms with van der Waals surface area (Å²) in [5, 5.41) is 10.2. The van der Waals surface area contributed by atoms with E-state index in [-0.39, 0.29) is 44.0 Å². The predicted molar refractivity (Wildman–Crippen MR) is 85.8 cm³/mol. The summed E-state index contributed by atoms with van der Waals surface area (Å²) < 4.78 is 37.9. The number of anilines is 1. The zero-order valence-electron chi connectivity index (χ0n) is 13.3. The molecule has 25 heavy (non-hydrogen) atoms. The fourth-order valence-corrected chi connectivity index (χ4v) is 3.23. The summed E-state index contributed by atoms with van der Waals surface area (Å²) in [4.78, 5) is 17.8. The molecule has 0 saturated carbocycles. The minimum atomic E-state index is -2.72. The molecule has 1 saturated heterocycles. The normalized spacial score (nSPS) is 19.0. The Balaban J connectivity index is 1.80. The van der Waals surface area contributed by atoms with Crippen LogP contribution < -0.4 is 14.4 Å². The van der Waals surface area contributed by atoms with Crippen LogP contribution in [-0.4, -0.2) is 41.9 Å². The van der Waals surface area contributed by atoms with Crippen molar-refractivity contribution in [2.24, 2.45) is 0 Å². The molecule has 3 heterocycles. The number of benzene rings is 1. The van der Waals surface area contributed by atoms with E-state index in [0.717, 1.165) is 0 Å². The number of hydrogen-bond donors (Lipinski definition) is 1. The lowest BCUT2D eigenvalue weighted by atomic mass is 10.1. The third-order valence-electron chi connectivity index (χ3n) is 4.54. The highest BCUT2D eigenvalue weighted by atomic mass is 19.3. The molecule has 0 radical (unpaired) electrons. The molecule has 0 spiro atoms. The maximum atomic E-state index is 13.6. The van der Waals surface area contributed by atoms with Crippen LogP contribution in [0.3, 0.4) is 0 Å². The van der Waals surface area contributed by atoms with Gasteiger partial charge in [0.1, 0.15) is 11.4 Å². The molecule has 132 valence electrons. The lowest BCUT2D eigenvalue weighted by molar-refractivity contribution is -0.0102. The van der Waals surface area contributed by atoms with E-state index in [1.165, 1.54) is 6.07 Å². The number of ether oxygens (including phenoxy) is 2. The van der Waals surface area contributed by atoms with E-state index in [9.17, 15) is 18.7 Å². The lowest BCUT2D eigenvalue weighted by Gasteiger charge is -2.23. The van der Waals surface area contributed by atoms with Crippen molar-refractivity contribution >= 4 is 22.7 Å². The Hall–Kier alpha value is -2.64. The number of nitrogens with zero attached hydrogens (tertiary/aromatic N) is 2. The Morgan fingerprint density at radius 3 is 2.68 bits per heavy atom. The number of aromatic carboxylic acids is 1. The molecule has 0 bridgehead atoms. The van der Waals surface area contributed by atoms with E-state index >= 15 is 0 Å². The average molecular weight is 350 g/mol. The van der Waals surface area contributed by atoms with E-state index in [2.05, 4.69) is 4.98 Å². The predicted octanol–water partition coefficient (Wildman–Crippen LogP) is 3.29. The Morgan fingerprint density at radius 2 is 1.92 bits per heavy atom. The van der Waals surface area contributed by atoms with Gasteiger partial charge in [0.2, 0.25) is 12.7 Å². The maximum absolute atomic E-state index is 13.6. The monoisotopic (exact) mass is 350 g/mol. The van der Waals surface area contributed by atoms with Gasteiger partial charge in [-0.1, -0.05) is 0 Å². The molecule has 4 rings (SSSR count). The first kappa shape index (κ1) is 15.9. The maximum Gasteiger partial charge on any atom is 0.339 e. The minimum absolute atomic E-state index is 0.00317. The van der Waals surface area contributed by atoms with Crippen molar-refractivity contribution in [1.29, 1.82) is 0 Å². The highest BCUT2D eigenvalue weighted by Crippen LogP contribution is 2.37. The standard InChI is InChI=1S/C17H16F2N2O4/c18-17(19)2-1-4-21(5-3-17)15-11(16(22)23)6-10-7-13-14(25-9-24-13)8-12(10)20-15/h6-8H,1-5,9H2,(H,22,23). The van der Waals surface area contributed by atoms with Crippen molar-refractivity contribution in [3.63, 3.8) is 0 Å². The molecule has 0 atom stereocenters. The third-order valence-corrected chi connectivity index (χ3v) is 4.54. The Labute approximate surface area is 142 Å². The summed E-state index contributed by atoms with van der Waals surface area (Å²) in [6.45, 7) is 0.515. The number of carboxylic acid groups (broad SMARTS) is 1. The number of aromatic nitrogens is 1. The summed E-state index contributed by atoms with van der Waals surface area (Å²) in [6, 6.07) is 4.86. The molecule has 0 unspecified atom stereocenters. The molecule has 1 aromatic carbocycles. The van der Waals surface area contributed by atoms with Crippen LogP contribution in [0.5, 0.6) is 11.5 Å². The van der Waals surface area contributed by atoms with Gasteiger partial charge in [0.05, 0.1) is 5.52 Å². The quantitative estimate of drug-likeness (QED) is 0.896. The molecule has 0 amide bonds. The van der Waals surface area contributed by atoms with Gasteiger partial charge in [-0.3, -0.25) is 0 Å². The fourth-order valence-electron chi connectivity index (χ4n) is 3.23. The van der Waals surface area contributed by atoms with Crippen LogP contribution >= 0.6 is 0 Å². The first-order valence-corrected chi connectivity index (χ1v) is 8.03. The number of alkyl halides is 2. The molecule has 2 aliphatic heterocycles. The number of carboxylic acids is 1. The number of halogens is 2. The first-order chi connectivity index (χ1) is 11.9. The van der Waals surface area contributed by atoms with Crippen molar-refractivity contribution in [2.75, 3.05) is 24.8 Å². The van der Waals surface area contributed by atoms with Crippen molar-refractivity contribution in [1.82, 2.24) is 4.98 Å². The van der Waals surface area contributed by atoms with E-state index < -0.39 is 11.9 Å². The van der Waals surface area contributed by atoms with Gasteiger partial charge in [0, 0.05) is 37.4 Å². The van der Waals surface area contributed by atoms with E-state index in [4.69, 9.17) is 9.47 Å². The van der Waals surface area contributed by atoms with Crippen LogP contribution in [0.4, 0.5) is 14.6 Å². The van der Waals surface area contributed by atoms with Gasteiger partial charge in [-0.15, -0.1) is 0 Å².